The normalized spacial score (nSPS) is 11.1. The lowest BCUT2D eigenvalue weighted by atomic mass is 10.1. The highest BCUT2D eigenvalue weighted by Gasteiger charge is 2.15. The van der Waals surface area contributed by atoms with Crippen LogP contribution in [0.2, 0.25) is 0 Å². The van der Waals surface area contributed by atoms with E-state index in [2.05, 4.69) is 41.6 Å². The SMILES string of the molecule is CCN(CC(=O)Nc1nc(-c2ccc(C)c(C)c2)cs1)CC(=O)NC(C)C. The van der Waals surface area contributed by atoms with Gasteiger partial charge in [-0.2, -0.15) is 0 Å². The average molecular weight is 389 g/mol. The minimum atomic E-state index is -0.171. The van der Waals surface area contributed by atoms with Crippen LogP contribution < -0.4 is 10.6 Å². The Kier molecular flexibility index (Phi) is 7.50. The summed E-state index contributed by atoms with van der Waals surface area (Å²) < 4.78 is 0. The molecular formula is C20H28N4O2S. The third-order valence-electron chi connectivity index (χ3n) is 4.18. The average Bonchev–Trinajstić information content (AvgIpc) is 3.04. The van der Waals surface area contributed by atoms with Crippen molar-refractivity contribution in [2.45, 2.75) is 40.7 Å². The molecule has 0 fully saturated rings. The van der Waals surface area contributed by atoms with Gasteiger partial charge < -0.3 is 10.6 Å². The standard InChI is InChI=1S/C20H28N4O2S/c1-6-24(10-18(25)21-13(2)3)11-19(26)23-20-22-17(12-27-20)16-8-7-14(4)15(5)9-16/h7-9,12-13H,6,10-11H2,1-5H3,(H,21,25)(H,22,23,26). The summed E-state index contributed by atoms with van der Waals surface area (Å²) in [6.45, 7) is 10.9. The number of amides is 2. The first-order valence-electron chi connectivity index (χ1n) is 9.13. The minimum absolute atomic E-state index is 0.0778. The third-order valence-corrected chi connectivity index (χ3v) is 4.94. The Morgan fingerprint density at radius 3 is 2.48 bits per heavy atom. The lowest BCUT2D eigenvalue weighted by molar-refractivity contribution is -0.123. The number of nitrogens with one attached hydrogen (secondary N) is 2. The second-order valence-corrected chi connectivity index (χ2v) is 7.77. The summed E-state index contributed by atoms with van der Waals surface area (Å²) >= 11 is 1.40. The number of carbonyl (C=O) groups excluding carboxylic acids is 2. The molecule has 0 aliphatic rings. The summed E-state index contributed by atoms with van der Waals surface area (Å²) in [5.74, 6) is -0.249. The lowest BCUT2D eigenvalue weighted by Crippen LogP contribution is -2.42. The van der Waals surface area contributed by atoms with E-state index in [1.165, 1.54) is 22.5 Å². The first-order chi connectivity index (χ1) is 12.8. The smallest absolute Gasteiger partial charge is 0.240 e. The van der Waals surface area contributed by atoms with Gasteiger partial charge in [-0.15, -0.1) is 11.3 Å². The van der Waals surface area contributed by atoms with Crippen LogP contribution in [0, 0.1) is 13.8 Å². The van der Waals surface area contributed by atoms with Crippen molar-refractivity contribution < 1.29 is 9.59 Å². The van der Waals surface area contributed by atoms with Crippen LogP contribution in [0.25, 0.3) is 11.3 Å². The molecule has 7 heteroatoms. The molecule has 0 aliphatic heterocycles. The van der Waals surface area contributed by atoms with E-state index in [1.807, 2.05) is 32.2 Å². The van der Waals surface area contributed by atoms with Crippen molar-refractivity contribution >= 4 is 28.3 Å². The molecule has 0 spiro atoms. The second-order valence-electron chi connectivity index (χ2n) is 6.91. The Hall–Kier alpha value is -2.25. The zero-order chi connectivity index (χ0) is 20.0. The summed E-state index contributed by atoms with van der Waals surface area (Å²) in [5, 5.41) is 8.17. The van der Waals surface area contributed by atoms with Crippen LogP contribution in [-0.4, -0.2) is 47.4 Å². The Bertz CT molecular complexity index is 801. The number of aromatic nitrogens is 1. The number of nitrogens with zero attached hydrogens (tertiary/aromatic N) is 2. The zero-order valence-corrected chi connectivity index (χ0v) is 17.4. The Morgan fingerprint density at radius 2 is 1.85 bits per heavy atom. The van der Waals surface area contributed by atoms with E-state index in [0.717, 1.165) is 11.3 Å². The number of aryl methyl sites for hydroxylation is 2. The number of hydrogen-bond donors (Lipinski definition) is 2. The molecule has 1 aromatic heterocycles. The number of rotatable bonds is 8. The zero-order valence-electron chi connectivity index (χ0n) is 16.6. The number of anilines is 1. The number of carbonyl (C=O) groups is 2. The van der Waals surface area contributed by atoms with E-state index < -0.39 is 0 Å². The highest BCUT2D eigenvalue weighted by molar-refractivity contribution is 7.14. The van der Waals surface area contributed by atoms with Crippen LogP contribution in [-0.2, 0) is 9.59 Å². The number of likely N-dealkylation sites (N-methyl/N-ethyl adjacent to an activating group) is 1. The summed E-state index contributed by atoms with van der Waals surface area (Å²) in [6, 6.07) is 6.30. The van der Waals surface area contributed by atoms with Crippen molar-refractivity contribution in [3.63, 3.8) is 0 Å². The van der Waals surface area contributed by atoms with Gasteiger partial charge in [0.25, 0.3) is 0 Å². The van der Waals surface area contributed by atoms with E-state index >= 15 is 0 Å². The van der Waals surface area contributed by atoms with Crippen molar-refractivity contribution in [3.05, 3.63) is 34.7 Å². The molecule has 1 heterocycles. The maximum atomic E-state index is 12.3. The van der Waals surface area contributed by atoms with Crippen molar-refractivity contribution in [1.29, 1.82) is 0 Å². The maximum absolute atomic E-state index is 12.3. The van der Waals surface area contributed by atoms with E-state index in [9.17, 15) is 9.59 Å². The molecule has 2 N–H and O–H groups in total. The molecule has 0 atom stereocenters. The molecular weight excluding hydrogens is 360 g/mol. The van der Waals surface area contributed by atoms with Gasteiger partial charge in [0.2, 0.25) is 11.8 Å². The van der Waals surface area contributed by atoms with Gasteiger partial charge in [-0.05, 0) is 51.4 Å². The topological polar surface area (TPSA) is 74.3 Å². The molecule has 0 radical (unpaired) electrons. The number of benzene rings is 1. The molecule has 2 aromatic rings. The van der Waals surface area contributed by atoms with Crippen molar-refractivity contribution in [1.82, 2.24) is 15.2 Å². The lowest BCUT2D eigenvalue weighted by Gasteiger charge is -2.19. The molecule has 2 amide bonds. The van der Waals surface area contributed by atoms with Gasteiger partial charge in [0, 0.05) is 17.0 Å². The molecule has 0 unspecified atom stereocenters. The summed E-state index contributed by atoms with van der Waals surface area (Å²) in [5.41, 5.74) is 4.34. The Labute approximate surface area is 165 Å². The van der Waals surface area contributed by atoms with Crippen LogP contribution in [0.5, 0.6) is 0 Å². The molecule has 0 aliphatic carbocycles. The van der Waals surface area contributed by atoms with Crippen molar-refractivity contribution in [2.24, 2.45) is 0 Å². The Balaban J connectivity index is 1.94. The van der Waals surface area contributed by atoms with Crippen LogP contribution in [0.15, 0.2) is 23.6 Å². The molecule has 0 saturated heterocycles. The van der Waals surface area contributed by atoms with Crippen LogP contribution >= 0.6 is 11.3 Å². The fourth-order valence-corrected chi connectivity index (χ4v) is 3.31. The van der Waals surface area contributed by atoms with E-state index in [0.29, 0.717) is 11.7 Å². The largest absolute Gasteiger partial charge is 0.353 e. The van der Waals surface area contributed by atoms with Crippen LogP contribution in [0.1, 0.15) is 31.9 Å². The number of hydrogen-bond acceptors (Lipinski definition) is 5. The van der Waals surface area contributed by atoms with Crippen LogP contribution in [0.3, 0.4) is 0 Å². The fraction of sp³-hybridized carbons (Fsp3) is 0.450. The van der Waals surface area contributed by atoms with Crippen molar-refractivity contribution in [2.75, 3.05) is 25.0 Å². The first-order valence-corrected chi connectivity index (χ1v) is 10.0. The van der Waals surface area contributed by atoms with Crippen LogP contribution in [0.4, 0.5) is 5.13 Å². The molecule has 0 bridgehead atoms. The minimum Gasteiger partial charge on any atom is -0.353 e. The predicted molar refractivity (Wildman–Crippen MR) is 111 cm³/mol. The first kappa shape index (κ1) is 21.1. The molecule has 6 nitrogen and oxygen atoms in total. The van der Waals surface area contributed by atoms with Gasteiger partial charge >= 0.3 is 0 Å². The Morgan fingerprint density at radius 1 is 1.15 bits per heavy atom. The molecule has 27 heavy (non-hydrogen) atoms. The van der Waals surface area contributed by atoms with Gasteiger partial charge in [0.15, 0.2) is 5.13 Å². The summed E-state index contributed by atoms with van der Waals surface area (Å²) in [6.07, 6.45) is 0. The molecule has 146 valence electrons. The molecule has 0 saturated carbocycles. The van der Waals surface area contributed by atoms with Gasteiger partial charge in [-0.1, -0.05) is 19.1 Å². The summed E-state index contributed by atoms with van der Waals surface area (Å²) in [7, 11) is 0. The quantitative estimate of drug-likeness (QED) is 0.728. The second kappa shape index (κ2) is 9.62. The summed E-state index contributed by atoms with van der Waals surface area (Å²) in [4.78, 5) is 30.5. The van der Waals surface area contributed by atoms with E-state index in [4.69, 9.17) is 0 Å². The van der Waals surface area contributed by atoms with Gasteiger partial charge in [-0.3, -0.25) is 14.5 Å². The van der Waals surface area contributed by atoms with E-state index in [-0.39, 0.29) is 30.9 Å². The monoisotopic (exact) mass is 388 g/mol. The van der Waals surface area contributed by atoms with Crippen molar-refractivity contribution in [3.8, 4) is 11.3 Å². The maximum Gasteiger partial charge on any atom is 0.240 e. The van der Waals surface area contributed by atoms with Gasteiger partial charge in [0.1, 0.15) is 0 Å². The highest BCUT2D eigenvalue weighted by atomic mass is 32.1. The van der Waals surface area contributed by atoms with Gasteiger partial charge in [0.05, 0.1) is 18.8 Å². The van der Waals surface area contributed by atoms with Gasteiger partial charge in [-0.25, -0.2) is 4.98 Å². The highest BCUT2D eigenvalue weighted by Crippen LogP contribution is 2.26. The molecule has 2 rings (SSSR count). The fourth-order valence-electron chi connectivity index (χ4n) is 2.58. The number of thiazole rings is 1. The molecule has 1 aromatic carbocycles. The van der Waals surface area contributed by atoms with E-state index in [1.54, 1.807) is 4.90 Å². The third kappa shape index (κ3) is 6.45. The predicted octanol–water partition coefficient (Wildman–Crippen LogP) is 3.21.